The van der Waals surface area contributed by atoms with E-state index in [4.69, 9.17) is 5.11 Å². The number of aliphatic carboxylic acids is 1. The van der Waals surface area contributed by atoms with E-state index in [2.05, 4.69) is 15.9 Å². The minimum Gasteiger partial charge on any atom is -0.481 e. The van der Waals surface area contributed by atoms with Crippen molar-refractivity contribution in [2.24, 2.45) is 0 Å². The number of carboxylic acids is 1. The molecule has 2 nitrogen and oxygen atoms in total. The Bertz CT molecular complexity index is 564. The van der Waals surface area contributed by atoms with E-state index in [1.54, 1.807) is 0 Å². The van der Waals surface area contributed by atoms with Crippen LogP contribution in [-0.2, 0) is 16.5 Å². The van der Waals surface area contributed by atoms with Crippen molar-refractivity contribution in [3.63, 3.8) is 0 Å². The zero-order valence-electron chi connectivity index (χ0n) is 9.77. The molecule has 0 bridgehead atoms. The van der Waals surface area contributed by atoms with Gasteiger partial charge in [-0.25, -0.2) is 0 Å². The lowest BCUT2D eigenvalue weighted by atomic mass is 9.95. The average molecular weight is 305 g/mol. The number of carboxylic acid groups (broad SMARTS) is 1. The van der Waals surface area contributed by atoms with Crippen LogP contribution in [0, 0.1) is 0 Å². The minimum absolute atomic E-state index is 0.0484. The van der Waals surface area contributed by atoms with Crippen molar-refractivity contribution < 1.29 is 9.90 Å². The molecule has 0 atom stereocenters. The van der Waals surface area contributed by atoms with Gasteiger partial charge in [-0.2, -0.15) is 0 Å². The minimum atomic E-state index is -0.807. The van der Waals surface area contributed by atoms with E-state index in [-0.39, 0.29) is 6.42 Å². The lowest BCUT2D eigenvalue weighted by molar-refractivity contribution is -0.136. The molecule has 0 saturated heterocycles. The molecule has 3 heteroatoms. The van der Waals surface area contributed by atoms with E-state index in [9.17, 15) is 4.79 Å². The number of alkyl halides is 1. The Morgan fingerprint density at radius 1 is 0.944 bits per heavy atom. The number of carbonyl (C=O) groups is 1. The van der Waals surface area contributed by atoms with Gasteiger partial charge in [-0.1, -0.05) is 64.5 Å². The smallest absolute Gasteiger partial charge is 0.307 e. The highest BCUT2D eigenvalue weighted by atomic mass is 79.9. The monoisotopic (exact) mass is 304 g/mol. The molecule has 0 saturated carbocycles. The summed E-state index contributed by atoms with van der Waals surface area (Å²) in [6.45, 7) is 0. The summed E-state index contributed by atoms with van der Waals surface area (Å²) in [7, 11) is 0. The van der Waals surface area contributed by atoms with Gasteiger partial charge in [0.25, 0.3) is 0 Å². The quantitative estimate of drug-likeness (QED) is 0.871. The van der Waals surface area contributed by atoms with E-state index >= 15 is 0 Å². The number of hydrogen-bond acceptors (Lipinski definition) is 1. The second-order valence-corrected chi connectivity index (χ2v) is 4.58. The number of rotatable bonds is 4. The third-order valence-corrected chi connectivity index (χ3v) is 3.41. The molecule has 2 rings (SSSR count). The first-order valence-electron chi connectivity index (χ1n) is 5.66. The van der Waals surface area contributed by atoms with Crippen LogP contribution in [0.4, 0.5) is 0 Å². The average Bonchev–Trinajstić information content (AvgIpc) is 2.39. The number of benzene rings is 2. The van der Waals surface area contributed by atoms with E-state index in [0.29, 0.717) is 0 Å². The molecule has 92 valence electrons. The lowest BCUT2D eigenvalue weighted by Crippen LogP contribution is -2.02. The van der Waals surface area contributed by atoms with Gasteiger partial charge >= 0.3 is 5.97 Å². The first-order chi connectivity index (χ1) is 8.72. The fraction of sp³-hybridized carbons (Fsp3) is 0.133. The molecular weight excluding hydrogens is 292 g/mol. The van der Waals surface area contributed by atoms with Crippen LogP contribution in [-0.4, -0.2) is 11.1 Å². The molecule has 0 aromatic heterocycles. The summed E-state index contributed by atoms with van der Waals surface area (Å²) in [5, 5.41) is 9.71. The predicted molar refractivity (Wildman–Crippen MR) is 75.8 cm³/mol. The third kappa shape index (κ3) is 2.79. The molecule has 0 radical (unpaired) electrons. The van der Waals surface area contributed by atoms with E-state index in [1.807, 2.05) is 48.5 Å². The molecule has 2 aromatic carbocycles. The van der Waals surface area contributed by atoms with E-state index in [1.165, 1.54) is 0 Å². The highest BCUT2D eigenvalue weighted by Crippen LogP contribution is 2.28. The number of hydrogen-bond donors (Lipinski definition) is 1. The molecule has 0 heterocycles. The van der Waals surface area contributed by atoms with Crippen molar-refractivity contribution in [3.05, 3.63) is 59.7 Å². The molecule has 2 aromatic rings. The molecule has 0 amide bonds. The van der Waals surface area contributed by atoms with E-state index < -0.39 is 5.97 Å². The molecular formula is C15H13BrO2. The fourth-order valence-corrected chi connectivity index (χ4v) is 2.49. The normalized spacial score (nSPS) is 10.3. The first kappa shape index (κ1) is 12.8. The van der Waals surface area contributed by atoms with Gasteiger partial charge in [-0.15, -0.1) is 0 Å². The lowest BCUT2D eigenvalue weighted by Gasteiger charge is -2.11. The van der Waals surface area contributed by atoms with Crippen LogP contribution in [0.3, 0.4) is 0 Å². The fourth-order valence-electron chi connectivity index (χ4n) is 2.00. The van der Waals surface area contributed by atoms with Crippen molar-refractivity contribution >= 4 is 21.9 Å². The highest BCUT2D eigenvalue weighted by Gasteiger charge is 2.10. The summed E-state index contributed by atoms with van der Waals surface area (Å²) < 4.78 is 0. The van der Waals surface area contributed by atoms with Crippen LogP contribution in [0.15, 0.2) is 48.5 Å². The van der Waals surface area contributed by atoms with Gasteiger partial charge in [0, 0.05) is 5.33 Å². The van der Waals surface area contributed by atoms with Gasteiger partial charge in [0.2, 0.25) is 0 Å². The van der Waals surface area contributed by atoms with Crippen molar-refractivity contribution in [2.45, 2.75) is 11.8 Å². The SMILES string of the molecule is O=C(O)Cc1ccccc1-c1ccccc1CBr. The van der Waals surface area contributed by atoms with Crippen molar-refractivity contribution in [2.75, 3.05) is 0 Å². The zero-order valence-corrected chi connectivity index (χ0v) is 11.4. The van der Waals surface area contributed by atoms with Gasteiger partial charge < -0.3 is 5.11 Å². The Morgan fingerprint density at radius 2 is 1.44 bits per heavy atom. The largest absolute Gasteiger partial charge is 0.481 e. The van der Waals surface area contributed by atoms with Gasteiger partial charge in [0.1, 0.15) is 0 Å². The third-order valence-electron chi connectivity index (χ3n) is 2.81. The van der Waals surface area contributed by atoms with Gasteiger partial charge in [-0.05, 0) is 22.3 Å². The van der Waals surface area contributed by atoms with Crippen molar-refractivity contribution in [1.82, 2.24) is 0 Å². The Hall–Kier alpha value is -1.61. The molecule has 0 fully saturated rings. The summed E-state index contributed by atoms with van der Waals surface area (Å²) in [6, 6.07) is 15.7. The summed E-state index contributed by atoms with van der Waals surface area (Å²) in [6.07, 6.45) is 0.0484. The molecule has 1 N–H and O–H groups in total. The van der Waals surface area contributed by atoms with Crippen LogP contribution < -0.4 is 0 Å². The summed E-state index contributed by atoms with van der Waals surface area (Å²) in [5.41, 5.74) is 4.09. The van der Waals surface area contributed by atoms with Crippen molar-refractivity contribution in [1.29, 1.82) is 0 Å². The molecule has 0 aliphatic heterocycles. The molecule has 0 aliphatic carbocycles. The second kappa shape index (κ2) is 5.83. The number of halogens is 1. The second-order valence-electron chi connectivity index (χ2n) is 4.02. The van der Waals surface area contributed by atoms with Crippen LogP contribution in [0.5, 0.6) is 0 Å². The summed E-state index contributed by atoms with van der Waals surface area (Å²) in [4.78, 5) is 10.9. The maximum Gasteiger partial charge on any atom is 0.307 e. The standard InChI is InChI=1S/C15H13BrO2/c16-10-12-6-2-4-8-14(12)13-7-3-1-5-11(13)9-15(17)18/h1-8H,9-10H2,(H,17,18). The zero-order chi connectivity index (χ0) is 13.0. The Labute approximate surface area is 114 Å². The van der Waals surface area contributed by atoms with Crippen LogP contribution in [0.2, 0.25) is 0 Å². The van der Waals surface area contributed by atoms with Crippen LogP contribution in [0.1, 0.15) is 11.1 Å². The molecule has 0 aliphatic rings. The van der Waals surface area contributed by atoms with Crippen molar-refractivity contribution in [3.8, 4) is 11.1 Å². The van der Waals surface area contributed by atoms with Gasteiger partial charge in [-0.3, -0.25) is 4.79 Å². The van der Waals surface area contributed by atoms with Crippen LogP contribution >= 0.6 is 15.9 Å². The Kier molecular flexibility index (Phi) is 4.15. The summed E-state index contributed by atoms with van der Waals surface area (Å²) in [5.74, 6) is -0.807. The Morgan fingerprint density at radius 3 is 2.00 bits per heavy atom. The molecule has 0 spiro atoms. The Balaban J connectivity index is 2.53. The summed E-state index contributed by atoms with van der Waals surface area (Å²) >= 11 is 3.46. The first-order valence-corrected chi connectivity index (χ1v) is 6.78. The molecule has 18 heavy (non-hydrogen) atoms. The predicted octanol–water partition coefficient (Wildman–Crippen LogP) is 3.88. The van der Waals surface area contributed by atoms with Crippen LogP contribution in [0.25, 0.3) is 11.1 Å². The van der Waals surface area contributed by atoms with Gasteiger partial charge in [0.15, 0.2) is 0 Å². The maximum absolute atomic E-state index is 10.9. The highest BCUT2D eigenvalue weighted by molar-refractivity contribution is 9.08. The maximum atomic E-state index is 10.9. The topological polar surface area (TPSA) is 37.3 Å². The molecule has 0 unspecified atom stereocenters. The van der Waals surface area contributed by atoms with Gasteiger partial charge in [0.05, 0.1) is 6.42 Å². The van der Waals surface area contributed by atoms with E-state index in [0.717, 1.165) is 27.6 Å².